The van der Waals surface area contributed by atoms with Crippen molar-refractivity contribution in [2.45, 2.75) is 52.9 Å². The smallest absolute Gasteiger partial charge is 0.00151 e. The minimum atomic E-state index is 0.635. The van der Waals surface area contributed by atoms with Gasteiger partial charge in [0, 0.05) is 0 Å². The van der Waals surface area contributed by atoms with E-state index in [1.54, 1.807) is 0 Å². The van der Waals surface area contributed by atoms with Gasteiger partial charge in [0.15, 0.2) is 0 Å². The van der Waals surface area contributed by atoms with Crippen molar-refractivity contribution in [2.24, 2.45) is 16.7 Å². The standard InChI is InChI=1S/C13H25N/c1-4-14-10-11-9-13(11)7-5-12(2,3)6-8-13/h11,14H,4-10H2,1-3H3. The van der Waals surface area contributed by atoms with E-state index in [9.17, 15) is 0 Å². The molecule has 82 valence electrons. The lowest BCUT2D eigenvalue weighted by Gasteiger charge is -2.35. The molecule has 2 fully saturated rings. The third-order valence-corrected chi connectivity index (χ3v) is 4.60. The summed E-state index contributed by atoms with van der Waals surface area (Å²) >= 11 is 0. The fourth-order valence-corrected chi connectivity index (χ4v) is 3.08. The van der Waals surface area contributed by atoms with E-state index < -0.39 is 0 Å². The molecular weight excluding hydrogens is 170 g/mol. The molecule has 14 heavy (non-hydrogen) atoms. The van der Waals surface area contributed by atoms with Crippen molar-refractivity contribution in [3.8, 4) is 0 Å². The Morgan fingerprint density at radius 3 is 2.36 bits per heavy atom. The van der Waals surface area contributed by atoms with Crippen molar-refractivity contribution in [3.63, 3.8) is 0 Å². The van der Waals surface area contributed by atoms with E-state index in [1.807, 2.05) is 0 Å². The molecule has 0 amide bonds. The monoisotopic (exact) mass is 195 g/mol. The second-order valence-electron chi connectivity index (χ2n) is 6.24. The first kappa shape index (κ1) is 10.5. The topological polar surface area (TPSA) is 12.0 Å². The first-order valence-corrected chi connectivity index (χ1v) is 6.29. The SMILES string of the molecule is CCNCC1CC12CCC(C)(C)CC2. The van der Waals surface area contributed by atoms with E-state index in [-0.39, 0.29) is 0 Å². The Morgan fingerprint density at radius 2 is 1.79 bits per heavy atom. The van der Waals surface area contributed by atoms with Gasteiger partial charge in [-0.15, -0.1) is 0 Å². The van der Waals surface area contributed by atoms with Gasteiger partial charge >= 0.3 is 0 Å². The lowest BCUT2D eigenvalue weighted by Crippen LogP contribution is -2.26. The summed E-state index contributed by atoms with van der Waals surface area (Å²) in [4.78, 5) is 0. The molecule has 0 bridgehead atoms. The molecular formula is C13H25N. The number of nitrogens with one attached hydrogen (secondary N) is 1. The van der Waals surface area contributed by atoms with E-state index in [1.165, 1.54) is 38.6 Å². The maximum absolute atomic E-state index is 3.50. The van der Waals surface area contributed by atoms with Crippen LogP contribution in [0.2, 0.25) is 0 Å². The third-order valence-electron chi connectivity index (χ3n) is 4.60. The highest BCUT2D eigenvalue weighted by molar-refractivity contribution is 5.06. The first-order chi connectivity index (χ1) is 6.58. The van der Waals surface area contributed by atoms with Crippen LogP contribution in [0.15, 0.2) is 0 Å². The lowest BCUT2D eigenvalue weighted by atomic mass is 9.71. The molecule has 0 radical (unpaired) electrons. The van der Waals surface area contributed by atoms with E-state index >= 15 is 0 Å². The van der Waals surface area contributed by atoms with Gasteiger partial charge in [0.1, 0.15) is 0 Å². The molecule has 0 aliphatic heterocycles. The number of hydrogen-bond donors (Lipinski definition) is 1. The van der Waals surface area contributed by atoms with Gasteiger partial charge in [0.25, 0.3) is 0 Å². The zero-order valence-electron chi connectivity index (χ0n) is 10.0. The second-order valence-corrected chi connectivity index (χ2v) is 6.24. The van der Waals surface area contributed by atoms with Crippen LogP contribution in [0.3, 0.4) is 0 Å². The molecule has 2 rings (SSSR count). The zero-order valence-corrected chi connectivity index (χ0v) is 10.0. The molecule has 0 aromatic rings. The zero-order chi connectivity index (χ0) is 10.2. The molecule has 2 saturated carbocycles. The quantitative estimate of drug-likeness (QED) is 0.729. The molecule has 1 spiro atoms. The van der Waals surface area contributed by atoms with Crippen molar-refractivity contribution in [1.29, 1.82) is 0 Å². The van der Waals surface area contributed by atoms with Gasteiger partial charge in [-0.25, -0.2) is 0 Å². The lowest BCUT2D eigenvalue weighted by molar-refractivity contribution is 0.166. The highest BCUT2D eigenvalue weighted by atomic mass is 14.9. The Balaban J connectivity index is 1.79. The minimum Gasteiger partial charge on any atom is -0.317 e. The normalized spacial score (nSPS) is 33.2. The average Bonchev–Trinajstić information content (AvgIpc) is 2.82. The van der Waals surface area contributed by atoms with Crippen LogP contribution in [0, 0.1) is 16.7 Å². The summed E-state index contributed by atoms with van der Waals surface area (Å²) < 4.78 is 0. The number of rotatable bonds is 3. The molecule has 2 aliphatic rings. The Labute approximate surface area is 88.7 Å². The summed E-state index contributed by atoms with van der Waals surface area (Å²) in [6.45, 7) is 9.48. The maximum Gasteiger partial charge on any atom is -0.00151 e. The highest BCUT2D eigenvalue weighted by Gasteiger charge is 2.55. The molecule has 0 heterocycles. The summed E-state index contributed by atoms with van der Waals surface area (Å²) in [6, 6.07) is 0. The van der Waals surface area contributed by atoms with Crippen LogP contribution < -0.4 is 5.32 Å². The fourth-order valence-electron chi connectivity index (χ4n) is 3.08. The molecule has 0 aromatic heterocycles. The molecule has 1 atom stereocenters. The predicted molar refractivity (Wildman–Crippen MR) is 61.3 cm³/mol. The number of hydrogen-bond acceptors (Lipinski definition) is 1. The van der Waals surface area contributed by atoms with Crippen molar-refractivity contribution in [3.05, 3.63) is 0 Å². The predicted octanol–water partition coefficient (Wildman–Crippen LogP) is 3.20. The van der Waals surface area contributed by atoms with Gasteiger partial charge < -0.3 is 5.32 Å². The van der Waals surface area contributed by atoms with Crippen molar-refractivity contribution < 1.29 is 0 Å². The molecule has 1 N–H and O–H groups in total. The Kier molecular flexibility index (Phi) is 2.63. The van der Waals surface area contributed by atoms with Gasteiger partial charge in [0.05, 0.1) is 0 Å². The van der Waals surface area contributed by atoms with Crippen LogP contribution in [0.4, 0.5) is 0 Å². The summed E-state index contributed by atoms with van der Waals surface area (Å²) in [5.41, 5.74) is 1.42. The van der Waals surface area contributed by atoms with Crippen molar-refractivity contribution in [1.82, 2.24) is 5.32 Å². The van der Waals surface area contributed by atoms with Gasteiger partial charge in [-0.3, -0.25) is 0 Å². The molecule has 1 heteroatoms. The van der Waals surface area contributed by atoms with Gasteiger partial charge in [-0.2, -0.15) is 0 Å². The van der Waals surface area contributed by atoms with E-state index in [0.717, 1.165) is 17.9 Å². The van der Waals surface area contributed by atoms with Crippen LogP contribution in [0.1, 0.15) is 52.9 Å². The van der Waals surface area contributed by atoms with Crippen LogP contribution in [0.25, 0.3) is 0 Å². The van der Waals surface area contributed by atoms with Crippen LogP contribution in [-0.2, 0) is 0 Å². The summed E-state index contributed by atoms with van der Waals surface area (Å²) in [7, 11) is 0. The van der Waals surface area contributed by atoms with Crippen LogP contribution in [0.5, 0.6) is 0 Å². The van der Waals surface area contributed by atoms with Crippen LogP contribution >= 0.6 is 0 Å². The molecule has 0 aromatic carbocycles. The average molecular weight is 195 g/mol. The first-order valence-electron chi connectivity index (χ1n) is 6.29. The Hall–Kier alpha value is -0.0400. The Bertz CT molecular complexity index is 197. The third kappa shape index (κ3) is 1.98. The second kappa shape index (κ2) is 3.52. The van der Waals surface area contributed by atoms with Crippen LogP contribution in [-0.4, -0.2) is 13.1 Å². The Morgan fingerprint density at radius 1 is 1.14 bits per heavy atom. The molecule has 0 saturated heterocycles. The van der Waals surface area contributed by atoms with E-state index in [0.29, 0.717) is 5.41 Å². The molecule has 2 aliphatic carbocycles. The molecule has 1 unspecified atom stereocenters. The fraction of sp³-hybridized carbons (Fsp3) is 1.00. The van der Waals surface area contributed by atoms with Gasteiger partial charge in [-0.1, -0.05) is 20.8 Å². The molecule has 1 nitrogen and oxygen atoms in total. The largest absolute Gasteiger partial charge is 0.317 e. The van der Waals surface area contributed by atoms with E-state index in [4.69, 9.17) is 0 Å². The van der Waals surface area contributed by atoms with Crippen molar-refractivity contribution in [2.75, 3.05) is 13.1 Å². The summed E-state index contributed by atoms with van der Waals surface area (Å²) in [6.07, 6.45) is 7.41. The summed E-state index contributed by atoms with van der Waals surface area (Å²) in [5, 5.41) is 3.50. The summed E-state index contributed by atoms with van der Waals surface area (Å²) in [5.74, 6) is 1.01. The van der Waals surface area contributed by atoms with Crippen molar-refractivity contribution >= 4 is 0 Å². The maximum atomic E-state index is 3.50. The highest BCUT2D eigenvalue weighted by Crippen LogP contribution is 2.63. The minimum absolute atomic E-state index is 0.635. The van der Waals surface area contributed by atoms with Gasteiger partial charge in [-0.05, 0) is 61.9 Å². The van der Waals surface area contributed by atoms with E-state index in [2.05, 4.69) is 26.1 Å². The van der Waals surface area contributed by atoms with Gasteiger partial charge in [0.2, 0.25) is 0 Å².